The topological polar surface area (TPSA) is 62.4 Å². The Labute approximate surface area is 95.1 Å². The zero-order valence-corrected chi connectivity index (χ0v) is 9.21. The Hall–Kier alpha value is -1.29. The van der Waals surface area contributed by atoms with E-state index in [1.807, 2.05) is 18.3 Å². The van der Waals surface area contributed by atoms with Crippen LogP contribution in [-0.4, -0.2) is 29.3 Å². The van der Waals surface area contributed by atoms with Gasteiger partial charge in [0, 0.05) is 19.0 Å². The van der Waals surface area contributed by atoms with E-state index >= 15 is 0 Å². The maximum Gasteiger partial charge on any atom is 0.123 e. The van der Waals surface area contributed by atoms with E-state index in [4.69, 9.17) is 5.73 Å². The highest BCUT2D eigenvalue weighted by Gasteiger charge is 2.41. The van der Waals surface area contributed by atoms with Crippen LogP contribution in [0.15, 0.2) is 18.3 Å². The van der Waals surface area contributed by atoms with Crippen molar-refractivity contribution < 1.29 is 5.11 Å². The van der Waals surface area contributed by atoms with Gasteiger partial charge in [0.1, 0.15) is 5.82 Å². The van der Waals surface area contributed by atoms with Gasteiger partial charge >= 0.3 is 0 Å². The molecule has 4 heteroatoms. The van der Waals surface area contributed by atoms with Crippen molar-refractivity contribution in [2.75, 3.05) is 23.7 Å². The first-order chi connectivity index (χ1) is 7.74. The average molecular weight is 219 g/mol. The van der Waals surface area contributed by atoms with Crippen LogP contribution >= 0.6 is 0 Å². The van der Waals surface area contributed by atoms with Gasteiger partial charge < -0.3 is 15.7 Å². The zero-order chi connectivity index (χ0) is 11.1. The molecule has 1 saturated heterocycles. The fourth-order valence-corrected chi connectivity index (χ4v) is 3.03. The van der Waals surface area contributed by atoms with Crippen LogP contribution in [0.5, 0.6) is 0 Å². The van der Waals surface area contributed by atoms with Crippen LogP contribution in [-0.2, 0) is 0 Å². The van der Waals surface area contributed by atoms with Gasteiger partial charge in [0.2, 0.25) is 0 Å². The van der Waals surface area contributed by atoms with Crippen molar-refractivity contribution in [1.29, 1.82) is 0 Å². The summed E-state index contributed by atoms with van der Waals surface area (Å²) in [5.74, 6) is 1.67. The van der Waals surface area contributed by atoms with Gasteiger partial charge in [0.05, 0.1) is 18.0 Å². The summed E-state index contributed by atoms with van der Waals surface area (Å²) in [6.07, 6.45) is 3.85. The molecule has 0 amide bonds. The van der Waals surface area contributed by atoms with E-state index in [0.717, 1.165) is 31.6 Å². The normalized spacial score (nSPS) is 33.1. The van der Waals surface area contributed by atoms with Crippen molar-refractivity contribution in [2.45, 2.75) is 18.9 Å². The first-order valence-corrected chi connectivity index (χ1v) is 5.88. The van der Waals surface area contributed by atoms with E-state index in [-0.39, 0.29) is 6.10 Å². The van der Waals surface area contributed by atoms with Crippen LogP contribution in [0.1, 0.15) is 12.8 Å². The van der Waals surface area contributed by atoms with Crippen LogP contribution in [0.2, 0.25) is 0 Å². The van der Waals surface area contributed by atoms with Gasteiger partial charge in [-0.05, 0) is 30.9 Å². The number of aliphatic hydroxyl groups excluding tert-OH is 1. The number of hydrogen-bond acceptors (Lipinski definition) is 4. The molecular weight excluding hydrogens is 202 g/mol. The summed E-state index contributed by atoms with van der Waals surface area (Å²) in [5, 5.41) is 9.85. The number of nitrogens with zero attached hydrogens (tertiary/aromatic N) is 2. The minimum Gasteiger partial charge on any atom is -0.393 e. The highest BCUT2D eigenvalue weighted by Crippen LogP contribution is 2.39. The number of fused-ring (bicyclic) bond motifs is 1. The van der Waals surface area contributed by atoms with Crippen molar-refractivity contribution in [3.8, 4) is 0 Å². The van der Waals surface area contributed by atoms with Crippen molar-refractivity contribution >= 4 is 11.5 Å². The van der Waals surface area contributed by atoms with Gasteiger partial charge in [-0.3, -0.25) is 0 Å². The Morgan fingerprint density at radius 1 is 1.31 bits per heavy atom. The SMILES string of the molecule is Nc1ccc(N2CC3CCC(O)C3C2)cn1. The van der Waals surface area contributed by atoms with Crippen molar-refractivity contribution in [3.05, 3.63) is 18.3 Å². The van der Waals surface area contributed by atoms with Crippen molar-refractivity contribution in [1.82, 2.24) is 4.98 Å². The molecule has 1 aromatic rings. The monoisotopic (exact) mass is 219 g/mol. The molecule has 0 spiro atoms. The predicted molar refractivity (Wildman–Crippen MR) is 63.1 cm³/mol. The Morgan fingerprint density at radius 3 is 2.88 bits per heavy atom. The van der Waals surface area contributed by atoms with Crippen LogP contribution < -0.4 is 10.6 Å². The Balaban J connectivity index is 1.76. The summed E-state index contributed by atoms with van der Waals surface area (Å²) in [6.45, 7) is 2.00. The van der Waals surface area contributed by atoms with E-state index in [0.29, 0.717) is 17.7 Å². The predicted octanol–water partition coefficient (Wildman–Crippen LogP) is 0.871. The van der Waals surface area contributed by atoms with Gasteiger partial charge in [-0.2, -0.15) is 0 Å². The molecular formula is C12H17N3O. The number of hydrogen-bond donors (Lipinski definition) is 2. The van der Waals surface area contributed by atoms with Gasteiger partial charge in [-0.1, -0.05) is 0 Å². The molecule has 1 aliphatic carbocycles. The molecule has 1 saturated carbocycles. The number of pyridine rings is 1. The minimum atomic E-state index is -0.100. The quantitative estimate of drug-likeness (QED) is 0.735. The molecule has 16 heavy (non-hydrogen) atoms. The Morgan fingerprint density at radius 2 is 2.19 bits per heavy atom. The van der Waals surface area contributed by atoms with Crippen molar-refractivity contribution in [2.24, 2.45) is 11.8 Å². The highest BCUT2D eigenvalue weighted by atomic mass is 16.3. The molecule has 0 bridgehead atoms. The lowest BCUT2D eigenvalue weighted by Gasteiger charge is -2.20. The number of nitrogens with two attached hydrogens (primary N) is 1. The molecule has 2 fully saturated rings. The summed E-state index contributed by atoms with van der Waals surface area (Å²) in [7, 11) is 0. The molecule has 2 aliphatic rings. The van der Waals surface area contributed by atoms with E-state index in [9.17, 15) is 5.11 Å². The van der Waals surface area contributed by atoms with E-state index in [2.05, 4.69) is 9.88 Å². The van der Waals surface area contributed by atoms with E-state index in [1.54, 1.807) is 0 Å². The van der Waals surface area contributed by atoms with Gasteiger partial charge in [-0.25, -0.2) is 4.98 Å². The van der Waals surface area contributed by atoms with Crippen molar-refractivity contribution in [3.63, 3.8) is 0 Å². The summed E-state index contributed by atoms with van der Waals surface area (Å²) in [5.41, 5.74) is 6.69. The second-order valence-corrected chi connectivity index (χ2v) is 4.91. The zero-order valence-electron chi connectivity index (χ0n) is 9.21. The number of aromatic nitrogens is 1. The van der Waals surface area contributed by atoms with Gasteiger partial charge in [0.15, 0.2) is 0 Å². The van der Waals surface area contributed by atoms with E-state index < -0.39 is 0 Å². The number of aliphatic hydroxyl groups is 1. The first-order valence-electron chi connectivity index (χ1n) is 5.88. The summed E-state index contributed by atoms with van der Waals surface area (Å²) < 4.78 is 0. The third-order valence-electron chi connectivity index (χ3n) is 3.95. The Bertz CT molecular complexity index is 378. The molecule has 3 rings (SSSR count). The molecule has 2 heterocycles. The smallest absolute Gasteiger partial charge is 0.123 e. The number of rotatable bonds is 1. The van der Waals surface area contributed by atoms with Crippen LogP contribution in [0.4, 0.5) is 11.5 Å². The second kappa shape index (κ2) is 3.63. The fourth-order valence-electron chi connectivity index (χ4n) is 3.03. The molecule has 3 atom stereocenters. The number of anilines is 2. The summed E-state index contributed by atoms with van der Waals surface area (Å²) in [6, 6.07) is 3.84. The summed E-state index contributed by atoms with van der Waals surface area (Å²) >= 11 is 0. The standard InChI is InChI=1S/C12H17N3O/c13-12-4-2-9(5-14-12)15-6-8-1-3-11(16)10(8)7-15/h2,4-5,8,10-11,16H,1,3,6-7H2,(H2,13,14). The third kappa shape index (κ3) is 1.53. The van der Waals surface area contributed by atoms with E-state index in [1.165, 1.54) is 0 Å². The highest BCUT2D eigenvalue weighted by molar-refractivity contribution is 5.49. The summed E-state index contributed by atoms with van der Waals surface area (Å²) in [4.78, 5) is 6.42. The maximum absolute atomic E-state index is 9.85. The molecule has 1 aliphatic heterocycles. The van der Waals surface area contributed by atoms with Crippen LogP contribution in [0.3, 0.4) is 0 Å². The molecule has 0 radical (unpaired) electrons. The minimum absolute atomic E-state index is 0.100. The third-order valence-corrected chi connectivity index (χ3v) is 3.95. The van der Waals surface area contributed by atoms with Crippen LogP contribution in [0.25, 0.3) is 0 Å². The second-order valence-electron chi connectivity index (χ2n) is 4.91. The average Bonchev–Trinajstić information content (AvgIpc) is 2.83. The molecule has 3 unspecified atom stereocenters. The lowest BCUT2D eigenvalue weighted by Crippen LogP contribution is -2.24. The Kier molecular flexibility index (Phi) is 2.24. The van der Waals surface area contributed by atoms with Gasteiger partial charge in [-0.15, -0.1) is 0 Å². The van der Waals surface area contributed by atoms with Gasteiger partial charge in [0.25, 0.3) is 0 Å². The van der Waals surface area contributed by atoms with Crippen LogP contribution in [0, 0.1) is 11.8 Å². The number of nitrogen functional groups attached to an aromatic ring is 1. The molecule has 86 valence electrons. The molecule has 1 aromatic heterocycles. The largest absolute Gasteiger partial charge is 0.393 e. The first kappa shape index (κ1) is 9.90. The molecule has 3 N–H and O–H groups in total. The lowest BCUT2D eigenvalue weighted by molar-refractivity contribution is 0.133. The molecule has 4 nitrogen and oxygen atoms in total. The fraction of sp³-hybridized carbons (Fsp3) is 0.583. The molecule has 0 aromatic carbocycles. The lowest BCUT2D eigenvalue weighted by atomic mass is 10.00. The maximum atomic E-state index is 9.85.